The summed E-state index contributed by atoms with van der Waals surface area (Å²) in [7, 11) is 0. The SMILES string of the molecule is CCC1CCC(C)N1C(=O)c1ccc2c(c1)NC(=O)C2. The van der Waals surface area contributed by atoms with E-state index in [1.807, 2.05) is 23.1 Å². The van der Waals surface area contributed by atoms with Crippen molar-refractivity contribution in [3.63, 3.8) is 0 Å². The molecule has 4 nitrogen and oxygen atoms in total. The lowest BCUT2D eigenvalue weighted by atomic mass is 10.1. The van der Waals surface area contributed by atoms with Crippen LogP contribution in [0.25, 0.3) is 0 Å². The van der Waals surface area contributed by atoms with E-state index in [1.54, 1.807) is 0 Å². The Labute approximate surface area is 119 Å². The Hall–Kier alpha value is -1.84. The molecule has 1 aromatic rings. The Balaban J connectivity index is 1.88. The molecule has 0 aromatic heterocycles. The van der Waals surface area contributed by atoms with Gasteiger partial charge in [-0.05, 0) is 43.9 Å². The van der Waals surface area contributed by atoms with Crippen LogP contribution in [-0.2, 0) is 11.2 Å². The molecular weight excluding hydrogens is 252 g/mol. The van der Waals surface area contributed by atoms with Crippen LogP contribution in [0.4, 0.5) is 5.69 Å². The highest BCUT2D eigenvalue weighted by atomic mass is 16.2. The average molecular weight is 272 g/mol. The predicted molar refractivity (Wildman–Crippen MR) is 77.7 cm³/mol. The molecule has 0 radical (unpaired) electrons. The maximum absolute atomic E-state index is 12.7. The number of hydrogen-bond acceptors (Lipinski definition) is 2. The fourth-order valence-electron chi connectivity index (χ4n) is 3.33. The molecule has 1 saturated heterocycles. The number of carbonyl (C=O) groups excluding carboxylic acids is 2. The largest absolute Gasteiger partial charge is 0.333 e. The maximum atomic E-state index is 12.7. The molecular formula is C16H20N2O2. The number of nitrogens with zero attached hydrogens (tertiary/aromatic N) is 1. The Morgan fingerprint density at radius 2 is 2.20 bits per heavy atom. The number of fused-ring (bicyclic) bond motifs is 1. The second-order valence-electron chi connectivity index (χ2n) is 5.80. The maximum Gasteiger partial charge on any atom is 0.254 e. The minimum absolute atomic E-state index is 0.00516. The molecule has 106 valence electrons. The highest BCUT2D eigenvalue weighted by Gasteiger charge is 2.34. The summed E-state index contributed by atoms with van der Waals surface area (Å²) in [6.45, 7) is 4.24. The monoisotopic (exact) mass is 272 g/mol. The van der Waals surface area contributed by atoms with Crippen molar-refractivity contribution in [3.8, 4) is 0 Å². The lowest BCUT2D eigenvalue weighted by Gasteiger charge is -2.28. The molecule has 2 atom stereocenters. The van der Waals surface area contributed by atoms with Crippen molar-refractivity contribution < 1.29 is 9.59 Å². The van der Waals surface area contributed by atoms with Crippen LogP contribution >= 0.6 is 0 Å². The predicted octanol–water partition coefficient (Wildman–Crippen LogP) is 2.58. The first-order valence-electron chi connectivity index (χ1n) is 7.35. The third kappa shape index (κ3) is 2.09. The van der Waals surface area contributed by atoms with Gasteiger partial charge in [-0.3, -0.25) is 9.59 Å². The number of hydrogen-bond donors (Lipinski definition) is 1. The second kappa shape index (κ2) is 4.93. The van der Waals surface area contributed by atoms with Gasteiger partial charge in [-0.1, -0.05) is 13.0 Å². The van der Waals surface area contributed by atoms with Crippen LogP contribution in [0.1, 0.15) is 49.0 Å². The van der Waals surface area contributed by atoms with Crippen LogP contribution in [0, 0.1) is 0 Å². The van der Waals surface area contributed by atoms with Gasteiger partial charge in [-0.2, -0.15) is 0 Å². The highest BCUT2D eigenvalue weighted by molar-refractivity contribution is 6.02. The molecule has 0 saturated carbocycles. The second-order valence-corrected chi connectivity index (χ2v) is 5.80. The molecule has 0 bridgehead atoms. The molecule has 2 amide bonds. The van der Waals surface area contributed by atoms with E-state index in [-0.39, 0.29) is 11.8 Å². The van der Waals surface area contributed by atoms with Crippen LogP contribution in [0.5, 0.6) is 0 Å². The third-order valence-corrected chi connectivity index (χ3v) is 4.47. The van der Waals surface area contributed by atoms with Crippen LogP contribution in [0.2, 0.25) is 0 Å². The quantitative estimate of drug-likeness (QED) is 0.899. The summed E-state index contributed by atoms with van der Waals surface area (Å²) in [6, 6.07) is 6.21. The van der Waals surface area contributed by atoms with Crippen LogP contribution < -0.4 is 5.32 Å². The number of carbonyl (C=O) groups is 2. The molecule has 1 aromatic carbocycles. The number of benzene rings is 1. The summed E-state index contributed by atoms with van der Waals surface area (Å²) < 4.78 is 0. The van der Waals surface area contributed by atoms with E-state index in [1.165, 1.54) is 0 Å². The number of rotatable bonds is 2. The van der Waals surface area contributed by atoms with Crippen LogP contribution in [-0.4, -0.2) is 28.8 Å². The van der Waals surface area contributed by atoms with Gasteiger partial charge in [0.25, 0.3) is 5.91 Å². The van der Waals surface area contributed by atoms with Crippen molar-refractivity contribution in [2.24, 2.45) is 0 Å². The van der Waals surface area contributed by atoms with Gasteiger partial charge in [-0.15, -0.1) is 0 Å². The molecule has 2 unspecified atom stereocenters. The zero-order chi connectivity index (χ0) is 14.3. The molecule has 20 heavy (non-hydrogen) atoms. The van der Waals surface area contributed by atoms with Gasteiger partial charge in [0.2, 0.25) is 5.91 Å². The standard InChI is InChI=1S/C16H20N2O2/c1-3-13-7-4-10(2)18(13)16(20)12-6-5-11-9-15(19)17-14(11)8-12/h5-6,8,10,13H,3-4,7,9H2,1-2H3,(H,17,19). The first kappa shape index (κ1) is 13.2. The van der Waals surface area contributed by atoms with Gasteiger partial charge in [-0.25, -0.2) is 0 Å². The third-order valence-electron chi connectivity index (χ3n) is 4.47. The van der Waals surface area contributed by atoms with Crippen molar-refractivity contribution >= 4 is 17.5 Å². The van der Waals surface area contributed by atoms with Crippen molar-refractivity contribution in [2.75, 3.05) is 5.32 Å². The lowest BCUT2D eigenvalue weighted by molar-refractivity contribution is -0.115. The first-order chi connectivity index (χ1) is 9.60. The van der Waals surface area contributed by atoms with E-state index in [4.69, 9.17) is 0 Å². The van der Waals surface area contributed by atoms with E-state index in [0.717, 1.165) is 30.5 Å². The topological polar surface area (TPSA) is 49.4 Å². The lowest BCUT2D eigenvalue weighted by Crippen LogP contribution is -2.39. The van der Waals surface area contributed by atoms with Gasteiger partial charge in [0, 0.05) is 23.3 Å². The Morgan fingerprint density at radius 1 is 1.40 bits per heavy atom. The summed E-state index contributed by atoms with van der Waals surface area (Å²) in [5.41, 5.74) is 2.45. The van der Waals surface area contributed by atoms with Crippen molar-refractivity contribution in [3.05, 3.63) is 29.3 Å². The number of likely N-dealkylation sites (tertiary alicyclic amines) is 1. The summed E-state index contributed by atoms with van der Waals surface area (Å²) in [5, 5.41) is 2.81. The molecule has 0 spiro atoms. The van der Waals surface area contributed by atoms with E-state index in [0.29, 0.717) is 24.1 Å². The van der Waals surface area contributed by atoms with E-state index in [2.05, 4.69) is 19.2 Å². The molecule has 2 heterocycles. The van der Waals surface area contributed by atoms with Crippen LogP contribution in [0.15, 0.2) is 18.2 Å². The van der Waals surface area contributed by atoms with Crippen molar-refractivity contribution in [2.45, 2.75) is 51.6 Å². The zero-order valence-electron chi connectivity index (χ0n) is 12.0. The highest BCUT2D eigenvalue weighted by Crippen LogP contribution is 2.30. The summed E-state index contributed by atoms with van der Waals surface area (Å²) >= 11 is 0. The minimum Gasteiger partial charge on any atom is -0.333 e. The molecule has 3 rings (SSSR count). The van der Waals surface area contributed by atoms with Gasteiger partial charge < -0.3 is 10.2 Å². The van der Waals surface area contributed by atoms with Crippen LogP contribution in [0.3, 0.4) is 0 Å². The fourth-order valence-corrected chi connectivity index (χ4v) is 3.33. The molecule has 1 fully saturated rings. The van der Waals surface area contributed by atoms with Crippen molar-refractivity contribution in [1.82, 2.24) is 4.90 Å². The summed E-state index contributed by atoms with van der Waals surface area (Å²) in [4.78, 5) is 26.1. The normalized spacial score (nSPS) is 24.7. The summed E-state index contributed by atoms with van der Waals surface area (Å²) in [5.74, 6) is 0.0939. The summed E-state index contributed by atoms with van der Waals surface area (Å²) in [6.07, 6.45) is 3.58. The fraction of sp³-hybridized carbons (Fsp3) is 0.500. The molecule has 2 aliphatic rings. The van der Waals surface area contributed by atoms with Gasteiger partial charge in [0.1, 0.15) is 0 Å². The van der Waals surface area contributed by atoms with Gasteiger partial charge in [0.05, 0.1) is 6.42 Å². The smallest absolute Gasteiger partial charge is 0.254 e. The molecule has 4 heteroatoms. The average Bonchev–Trinajstić information content (AvgIpc) is 2.98. The Bertz CT molecular complexity index is 568. The minimum atomic E-state index is 0.00516. The van der Waals surface area contributed by atoms with Gasteiger partial charge in [0.15, 0.2) is 0 Å². The van der Waals surface area contributed by atoms with E-state index in [9.17, 15) is 9.59 Å². The Morgan fingerprint density at radius 3 is 2.95 bits per heavy atom. The van der Waals surface area contributed by atoms with Crippen molar-refractivity contribution in [1.29, 1.82) is 0 Å². The molecule has 0 aliphatic carbocycles. The van der Waals surface area contributed by atoms with Gasteiger partial charge >= 0.3 is 0 Å². The van der Waals surface area contributed by atoms with E-state index >= 15 is 0 Å². The number of amides is 2. The Kier molecular flexibility index (Phi) is 3.24. The zero-order valence-corrected chi connectivity index (χ0v) is 12.0. The van der Waals surface area contributed by atoms with E-state index < -0.39 is 0 Å². The molecule has 2 aliphatic heterocycles. The molecule has 1 N–H and O–H groups in total. The number of nitrogens with one attached hydrogen (secondary N) is 1. The number of anilines is 1. The first-order valence-corrected chi connectivity index (χ1v) is 7.35.